The van der Waals surface area contributed by atoms with Crippen molar-refractivity contribution in [2.75, 3.05) is 6.54 Å². The normalized spacial score (nSPS) is 30.9. The lowest BCUT2D eigenvalue weighted by atomic mass is 9.69. The highest BCUT2D eigenvalue weighted by Gasteiger charge is 2.52. The largest absolute Gasteiger partial charge is 0.481 e. The Bertz CT molecular complexity index is 387. The van der Waals surface area contributed by atoms with Crippen molar-refractivity contribution in [1.82, 2.24) is 4.90 Å². The third-order valence-electron chi connectivity index (χ3n) is 4.16. The van der Waals surface area contributed by atoms with Crippen molar-refractivity contribution in [3.63, 3.8) is 0 Å². The second kappa shape index (κ2) is 4.69. The van der Waals surface area contributed by atoms with Gasteiger partial charge in [0.2, 0.25) is 0 Å². The summed E-state index contributed by atoms with van der Waals surface area (Å²) in [5.41, 5.74) is -0.766. The Hall–Kier alpha value is -1.26. The molecule has 5 heteroatoms. The predicted octanol–water partition coefficient (Wildman–Crippen LogP) is 2.64. The van der Waals surface area contributed by atoms with Gasteiger partial charge in [-0.2, -0.15) is 0 Å². The molecular formula is C14H23NO4. The molecule has 1 N–H and O–H groups in total. The standard InChI is InChI=1S/C14H23NO4/c1-13(2,3)19-12(18)15-8-7-14(15)6-4-5-10(9-14)11(16)17/h10H,4-9H2,1-3H3,(H,16,17). The van der Waals surface area contributed by atoms with Gasteiger partial charge in [0.1, 0.15) is 5.60 Å². The molecule has 2 aliphatic rings. The Morgan fingerprint density at radius 2 is 2.00 bits per heavy atom. The maximum Gasteiger partial charge on any atom is 0.410 e. The Balaban J connectivity index is 2.04. The number of carbonyl (C=O) groups is 2. The molecule has 5 nitrogen and oxygen atoms in total. The summed E-state index contributed by atoms with van der Waals surface area (Å²) < 4.78 is 5.40. The van der Waals surface area contributed by atoms with Crippen LogP contribution in [0.4, 0.5) is 4.79 Å². The zero-order valence-electron chi connectivity index (χ0n) is 11.9. The molecule has 2 fully saturated rings. The summed E-state index contributed by atoms with van der Waals surface area (Å²) in [6, 6.07) is 0. The van der Waals surface area contributed by atoms with E-state index in [0.29, 0.717) is 13.0 Å². The lowest BCUT2D eigenvalue weighted by molar-refractivity contribution is -0.147. The topological polar surface area (TPSA) is 66.8 Å². The van der Waals surface area contributed by atoms with Gasteiger partial charge in [-0.3, -0.25) is 4.79 Å². The predicted molar refractivity (Wildman–Crippen MR) is 69.9 cm³/mol. The summed E-state index contributed by atoms with van der Waals surface area (Å²) in [5.74, 6) is -1.06. The molecule has 0 bridgehead atoms. The number of likely N-dealkylation sites (tertiary alicyclic amines) is 1. The number of hydrogen-bond acceptors (Lipinski definition) is 3. The molecule has 0 aromatic heterocycles. The van der Waals surface area contributed by atoms with Crippen LogP contribution in [0.5, 0.6) is 0 Å². The van der Waals surface area contributed by atoms with Gasteiger partial charge < -0.3 is 14.7 Å². The third-order valence-corrected chi connectivity index (χ3v) is 4.16. The molecule has 1 heterocycles. The number of rotatable bonds is 1. The first-order valence-electron chi connectivity index (χ1n) is 6.97. The van der Waals surface area contributed by atoms with E-state index in [1.54, 1.807) is 4.90 Å². The molecule has 108 valence electrons. The van der Waals surface area contributed by atoms with Crippen LogP contribution in [-0.2, 0) is 9.53 Å². The number of carbonyl (C=O) groups excluding carboxylic acids is 1. The summed E-state index contributed by atoms with van der Waals surface area (Å²) in [6.07, 6.45) is 3.66. The van der Waals surface area contributed by atoms with E-state index in [-0.39, 0.29) is 17.6 Å². The Labute approximate surface area is 113 Å². The van der Waals surface area contributed by atoms with Gasteiger partial charge in [-0.25, -0.2) is 4.79 Å². The fourth-order valence-electron chi connectivity index (χ4n) is 3.17. The maximum absolute atomic E-state index is 12.1. The van der Waals surface area contributed by atoms with E-state index in [9.17, 15) is 9.59 Å². The quantitative estimate of drug-likeness (QED) is 0.794. The van der Waals surface area contributed by atoms with E-state index in [1.165, 1.54) is 0 Å². The summed E-state index contributed by atoms with van der Waals surface area (Å²) in [4.78, 5) is 25.0. The second-order valence-electron chi connectivity index (χ2n) is 6.74. The molecule has 19 heavy (non-hydrogen) atoms. The summed E-state index contributed by atoms with van der Waals surface area (Å²) in [6.45, 7) is 6.22. The molecule has 2 atom stereocenters. The zero-order valence-corrected chi connectivity index (χ0v) is 11.9. The van der Waals surface area contributed by atoms with Gasteiger partial charge in [-0.15, -0.1) is 0 Å². The highest BCUT2D eigenvalue weighted by atomic mass is 16.6. The first kappa shape index (κ1) is 14.2. The minimum Gasteiger partial charge on any atom is -0.481 e. The van der Waals surface area contributed by atoms with Crippen LogP contribution in [0.25, 0.3) is 0 Å². The molecule has 0 aromatic carbocycles. The average Bonchev–Trinajstić information content (AvgIpc) is 2.25. The van der Waals surface area contributed by atoms with Crippen LogP contribution in [-0.4, -0.2) is 39.8 Å². The molecule has 2 unspecified atom stereocenters. The Morgan fingerprint density at radius 3 is 2.47 bits per heavy atom. The van der Waals surface area contributed by atoms with E-state index >= 15 is 0 Å². The number of ether oxygens (including phenoxy) is 1. The average molecular weight is 269 g/mol. The summed E-state index contributed by atoms with van der Waals surface area (Å²) >= 11 is 0. The van der Waals surface area contributed by atoms with E-state index in [0.717, 1.165) is 25.7 Å². The molecule has 1 aliphatic carbocycles. The van der Waals surface area contributed by atoms with Gasteiger partial charge in [0.05, 0.1) is 5.92 Å². The number of amides is 1. The molecule has 2 rings (SSSR count). The van der Waals surface area contributed by atoms with Gasteiger partial charge in [0.15, 0.2) is 0 Å². The number of hydrogen-bond donors (Lipinski definition) is 1. The molecular weight excluding hydrogens is 246 g/mol. The number of aliphatic carboxylic acids is 1. The first-order valence-corrected chi connectivity index (χ1v) is 6.97. The van der Waals surface area contributed by atoms with Crippen molar-refractivity contribution in [3.8, 4) is 0 Å². The van der Waals surface area contributed by atoms with Crippen LogP contribution in [0.15, 0.2) is 0 Å². The Morgan fingerprint density at radius 1 is 1.32 bits per heavy atom. The van der Waals surface area contributed by atoms with E-state index in [2.05, 4.69) is 0 Å². The van der Waals surface area contributed by atoms with Crippen LogP contribution in [0, 0.1) is 5.92 Å². The van der Waals surface area contributed by atoms with E-state index in [1.807, 2.05) is 20.8 Å². The SMILES string of the molecule is CC(C)(C)OC(=O)N1CCC12CCCC(C(=O)O)C2. The molecule has 0 radical (unpaired) electrons. The van der Waals surface area contributed by atoms with E-state index < -0.39 is 11.6 Å². The minimum absolute atomic E-state index is 0.260. The minimum atomic E-state index is -0.741. The van der Waals surface area contributed by atoms with Gasteiger partial charge >= 0.3 is 12.1 Å². The van der Waals surface area contributed by atoms with Crippen LogP contribution < -0.4 is 0 Å². The molecule has 1 amide bonds. The van der Waals surface area contributed by atoms with Gasteiger partial charge in [-0.05, 0) is 46.5 Å². The van der Waals surface area contributed by atoms with Crippen molar-refractivity contribution >= 4 is 12.1 Å². The number of carboxylic acids is 1. The highest BCUT2D eigenvalue weighted by Crippen LogP contribution is 2.45. The fourth-order valence-corrected chi connectivity index (χ4v) is 3.17. The third kappa shape index (κ3) is 2.85. The van der Waals surface area contributed by atoms with Crippen molar-refractivity contribution in [3.05, 3.63) is 0 Å². The summed E-state index contributed by atoms with van der Waals surface area (Å²) in [7, 11) is 0. The number of carboxylic acid groups (broad SMARTS) is 1. The Kier molecular flexibility index (Phi) is 3.49. The molecule has 1 aliphatic heterocycles. The number of nitrogens with zero attached hydrogens (tertiary/aromatic N) is 1. The molecule has 1 spiro atoms. The van der Waals surface area contributed by atoms with Gasteiger partial charge in [-0.1, -0.05) is 6.42 Å². The lowest BCUT2D eigenvalue weighted by Crippen LogP contribution is -2.64. The van der Waals surface area contributed by atoms with Gasteiger partial charge in [0, 0.05) is 12.1 Å². The first-order chi connectivity index (χ1) is 8.73. The van der Waals surface area contributed by atoms with Crippen molar-refractivity contribution in [2.45, 2.75) is 64.0 Å². The maximum atomic E-state index is 12.1. The van der Waals surface area contributed by atoms with Gasteiger partial charge in [0.25, 0.3) is 0 Å². The highest BCUT2D eigenvalue weighted by molar-refractivity contribution is 5.72. The van der Waals surface area contributed by atoms with Crippen LogP contribution >= 0.6 is 0 Å². The van der Waals surface area contributed by atoms with Crippen molar-refractivity contribution in [2.24, 2.45) is 5.92 Å². The van der Waals surface area contributed by atoms with Crippen LogP contribution in [0.1, 0.15) is 52.9 Å². The van der Waals surface area contributed by atoms with Crippen LogP contribution in [0.3, 0.4) is 0 Å². The van der Waals surface area contributed by atoms with Crippen molar-refractivity contribution < 1.29 is 19.4 Å². The smallest absolute Gasteiger partial charge is 0.410 e. The molecule has 1 saturated carbocycles. The summed E-state index contributed by atoms with van der Waals surface area (Å²) in [5, 5.41) is 9.17. The molecule has 0 aromatic rings. The monoisotopic (exact) mass is 269 g/mol. The molecule has 1 saturated heterocycles. The van der Waals surface area contributed by atoms with Crippen molar-refractivity contribution in [1.29, 1.82) is 0 Å². The van der Waals surface area contributed by atoms with E-state index in [4.69, 9.17) is 9.84 Å². The van der Waals surface area contributed by atoms with Crippen LogP contribution in [0.2, 0.25) is 0 Å². The second-order valence-corrected chi connectivity index (χ2v) is 6.74. The lowest BCUT2D eigenvalue weighted by Gasteiger charge is -2.55. The zero-order chi connectivity index (χ0) is 14.3. The fraction of sp³-hybridized carbons (Fsp3) is 0.857.